The number of nitrogen functional groups attached to an aromatic ring is 1. The molecule has 1 rings (SSSR count). The Balaban J connectivity index is 2.68. The van der Waals surface area contributed by atoms with Gasteiger partial charge in [0.25, 0.3) is 0 Å². The number of carbonyl (C=O) groups excluding carboxylic acids is 1. The molecule has 2 N–H and O–H groups in total. The van der Waals surface area contributed by atoms with Crippen LogP contribution >= 0.6 is 0 Å². The summed E-state index contributed by atoms with van der Waals surface area (Å²) in [7, 11) is 0. The molecule has 1 aromatic carbocycles. The third kappa shape index (κ3) is 3.39. The molecule has 0 aliphatic heterocycles. The second-order valence-corrected chi connectivity index (χ2v) is 3.94. The number of hydrogen-bond donors (Lipinski definition) is 1. The number of anilines is 1. The van der Waals surface area contributed by atoms with E-state index in [0.717, 1.165) is 18.4 Å². The van der Waals surface area contributed by atoms with Crippen molar-refractivity contribution >= 4 is 11.5 Å². The molecule has 0 aromatic heterocycles. The summed E-state index contributed by atoms with van der Waals surface area (Å²) in [5.41, 5.74) is 7.04. The number of ketones is 1. The molecule has 0 amide bonds. The highest BCUT2D eigenvalue weighted by atomic mass is 16.1. The van der Waals surface area contributed by atoms with Gasteiger partial charge in [0.15, 0.2) is 5.78 Å². The van der Waals surface area contributed by atoms with Crippen LogP contribution in [0.15, 0.2) is 24.3 Å². The van der Waals surface area contributed by atoms with Gasteiger partial charge in [-0.2, -0.15) is 0 Å². The average Bonchev–Trinajstić information content (AvgIpc) is 2.25. The predicted molar refractivity (Wildman–Crippen MR) is 63.9 cm³/mol. The summed E-state index contributed by atoms with van der Waals surface area (Å²) in [5.74, 6) is 0.704. The minimum atomic E-state index is 0.205. The van der Waals surface area contributed by atoms with E-state index in [0.29, 0.717) is 18.0 Å². The number of rotatable bonds is 5. The van der Waals surface area contributed by atoms with E-state index in [2.05, 4.69) is 13.8 Å². The first kappa shape index (κ1) is 11.8. The molecule has 0 saturated carbocycles. The standard InChI is InChI=1S/C13H19NO/c1-3-10(4-2)8-13(15)11-6-5-7-12(14)9-11/h5-7,9-10H,3-4,8,14H2,1-2H3. The van der Waals surface area contributed by atoms with Crippen LogP contribution in [0.5, 0.6) is 0 Å². The first-order valence-corrected chi connectivity index (χ1v) is 5.56. The lowest BCUT2D eigenvalue weighted by atomic mass is 9.94. The van der Waals surface area contributed by atoms with Crippen molar-refractivity contribution in [2.24, 2.45) is 5.92 Å². The summed E-state index contributed by atoms with van der Waals surface area (Å²) < 4.78 is 0. The van der Waals surface area contributed by atoms with Gasteiger partial charge in [-0.25, -0.2) is 0 Å². The SMILES string of the molecule is CCC(CC)CC(=O)c1cccc(N)c1. The van der Waals surface area contributed by atoms with Crippen LogP contribution in [0.25, 0.3) is 0 Å². The molecule has 0 atom stereocenters. The van der Waals surface area contributed by atoms with Crippen LogP contribution < -0.4 is 5.73 Å². The van der Waals surface area contributed by atoms with Crippen LogP contribution in [0.2, 0.25) is 0 Å². The molecule has 0 aliphatic rings. The molecule has 0 radical (unpaired) electrons. The normalized spacial score (nSPS) is 10.6. The molecule has 0 heterocycles. The Morgan fingerprint density at radius 2 is 2.00 bits per heavy atom. The zero-order chi connectivity index (χ0) is 11.3. The molecule has 2 heteroatoms. The Labute approximate surface area is 91.5 Å². The molecule has 2 nitrogen and oxygen atoms in total. The predicted octanol–water partition coefficient (Wildman–Crippen LogP) is 3.28. The van der Waals surface area contributed by atoms with Crippen molar-refractivity contribution in [3.8, 4) is 0 Å². The summed E-state index contributed by atoms with van der Waals surface area (Å²) in [6.45, 7) is 4.25. The molecule has 0 saturated heterocycles. The van der Waals surface area contributed by atoms with Crippen molar-refractivity contribution in [3.63, 3.8) is 0 Å². The van der Waals surface area contributed by atoms with E-state index < -0.39 is 0 Å². The fourth-order valence-corrected chi connectivity index (χ4v) is 1.67. The second kappa shape index (κ2) is 5.54. The topological polar surface area (TPSA) is 43.1 Å². The summed E-state index contributed by atoms with van der Waals surface area (Å²) >= 11 is 0. The lowest BCUT2D eigenvalue weighted by Crippen LogP contribution is -2.07. The number of hydrogen-bond acceptors (Lipinski definition) is 2. The Morgan fingerprint density at radius 3 is 2.53 bits per heavy atom. The Morgan fingerprint density at radius 1 is 1.33 bits per heavy atom. The quantitative estimate of drug-likeness (QED) is 0.592. The average molecular weight is 205 g/mol. The van der Waals surface area contributed by atoms with Gasteiger partial charge in [0.1, 0.15) is 0 Å². The maximum atomic E-state index is 11.9. The van der Waals surface area contributed by atoms with Gasteiger partial charge in [-0.1, -0.05) is 38.8 Å². The largest absolute Gasteiger partial charge is 0.399 e. The van der Waals surface area contributed by atoms with Crippen LogP contribution in [-0.4, -0.2) is 5.78 Å². The van der Waals surface area contributed by atoms with E-state index in [4.69, 9.17) is 5.73 Å². The molecule has 0 fully saturated rings. The molecular weight excluding hydrogens is 186 g/mol. The van der Waals surface area contributed by atoms with E-state index in [9.17, 15) is 4.79 Å². The maximum absolute atomic E-state index is 11.9. The lowest BCUT2D eigenvalue weighted by Gasteiger charge is -2.10. The van der Waals surface area contributed by atoms with Crippen LogP contribution in [0, 0.1) is 5.92 Å². The zero-order valence-electron chi connectivity index (χ0n) is 9.49. The van der Waals surface area contributed by atoms with E-state index in [1.54, 1.807) is 12.1 Å². The van der Waals surface area contributed by atoms with Crippen LogP contribution in [0.1, 0.15) is 43.5 Å². The molecule has 0 spiro atoms. The van der Waals surface area contributed by atoms with Gasteiger partial charge < -0.3 is 5.73 Å². The van der Waals surface area contributed by atoms with Gasteiger partial charge in [-0.15, -0.1) is 0 Å². The van der Waals surface area contributed by atoms with E-state index >= 15 is 0 Å². The number of nitrogens with two attached hydrogens (primary N) is 1. The summed E-state index contributed by atoms with van der Waals surface area (Å²) in [6.07, 6.45) is 2.76. The highest BCUT2D eigenvalue weighted by Crippen LogP contribution is 2.17. The van der Waals surface area contributed by atoms with Crippen LogP contribution in [-0.2, 0) is 0 Å². The minimum Gasteiger partial charge on any atom is -0.399 e. The van der Waals surface area contributed by atoms with E-state index in [1.165, 1.54) is 0 Å². The molecular formula is C13H19NO. The van der Waals surface area contributed by atoms with Gasteiger partial charge in [-0.05, 0) is 18.1 Å². The van der Waals surface area contributed by atoms with Crippen molar-refractivity contribution in [1.29, 1.82) is 0 Å². The first-order valence-electron chi connectivity index (χ1n) is 5.56. The third-order valence-corrected chi connectivity index (χ3v) is 2.84. The van der Waals surface area contributed by atoms with Crippen molar-refractivity contribution < 1.29 is 4.79 Å². The molecule has 15 heavy (non-hydrogen) atoms. The van der Waals surface area contributed by atoms with E-state index in [-0.39, 0.29) is 5.78 Å². The molecule has 0 aliphatic carbocycles. The second-order valence-electron chi connectivity index (χ2n) is 3.94. The fraction of sp³-hybridized carbons (Fsp3) is 0.462. The van der Waals surface area contributed by atoms with Gasteiger partial charge in [-0.3, -0.25) is 4.79 Å². The van der Waals surface area contributed by atoms with Gasteiger partial charge in [0, 0.05) is 17.7 Å². The van der Waals surface area contributed by atoms with Crippen LogP contribution in [0.3, 0.4) is 0 Å². The van der Waals surface area contributed by atoms with Crippen LogP contribution in [0.4, 0.5) is 5.69 Å². The van der Waals surface area contributed by atoms with Crippen molar-refractivity contribution in [3.05, 3.63) is 29.8 Å². The third-order valence-electron chi connectivity index (χ3n) is 2.84. The Bertz CT molecular complexity index is 329. The highest BCUT2D eigenvalue weighted by Gasteiger charge is 2.12. The lowest BCUT2D eigenvalue weighted by molar-refractivity contribution is 0.0959. The zero-order valence-corrected chi connectivity index (χ0v) is 9.49. The summed E-state index contributed by atoms with van der Waals surface area (Å²) in [5, 5.41) is 0. The maximum Gasteiger partial charge on any atom is 0.163 e. The van der Waals surface area contributed by atoms with E-state index in [1.807, 2.05) is 12.1 Å². The highest BCUT2D eigenvalue weighted by molar-refractivity contribution is 5.96. The van der Waals surface area contributed by atoms with Crippen molar-refractivity contribution in [2.45, 2.75) is 33.1 Å². The molecule has 0 unspecified atom stereocenters. The fourth-order valence-electron chi connectivity index (χ4n) is 1.67. The van der Waals surface area contributed by atoms with Crippen molar-refractivity contribution in [2.75, 3.05) is 5.73 Å². The van der Waals surface area contributed by atoms with Gasteiger partial charge >= 0.3 is 0 Å². The first-order chi connectivity index (χ1) is 7.17. The number of carbonyl (C=O) groups is 1. The molecule has 0 bridgehead atoms. The monoisotopic (exact) mass is 205 g/mol. The smallest absolute Gasteiger partial charge is 0.163 e. The number of benzene rings is 1. The Hall–Kier alpha value is -1.31. The van der Waals surface area contributed by atoms with Gasteiger partial charge in [0.2, 0.25) is 0 Å². The van der Waals surface area contributed by atoms with Crippen molar-refractivity contribution in [1.82, 2.24) is 0 Å². The summed E-state index contributed by atoms with van der Waals surface area (Å²) in [6, 6.07) is 7.22. The summed E-state index contributed by atoms with van der Waals surface area (Å²) in [4.78, 5) is 11.9. The number of Topliss-reactive ketones (excluding diaryl/α,β-unsaturated/α-hetero) is 1. The Kier molecular flexibility index (Phi) is 4.35. The molecule has 82 valence electrons. The minimum absolute atomic E-state index is 0.205. The molecule has 1 aromatic rings. The van der Waals surface area contributed by atoms with Gasteiger partial charge in [0.05, 0.1) is 0 Å².